The van der Waals surface area contributed by atoms with Crippen LogP contribution < -0.4 is 5.32 Å². The van der Waals surface area contributed by atoms with Crippen molar-refractivity contribution in [1.29, 1.82) is 0 Å². The van der Waals surface area contributed by atoms with E-state index in [4.69, 9.17) is 0 Å². The first-order valence-electron chi connectivity index (χ1n) is 8.73. The van der Waals surface area contributed by atoms with Crippen molar-refractivity contribution in [2.45, 2.75) is 31.7 Å². The Morgan fingerprint density at radius 3 is 3.12 bits per heavy atom. The molecule has 130 valence electrons. The molecular formula is C19H21N3O2S. The van der Waals surface area contributed by atoms with Crippen molar-refractivity contribution in [3.8, 4) is 0 Å². The molecule has 1 aliphatic heterocycles. The zero-order valence-corrected chi connectivity index (χ0v) is 14.8. The topological polar surface area (TPSA) is 62.3 Å². The largest absolute Gasteiger partial charge is 0.355 e. The van der Waals surface area contributed by atoms with Gasteiger partial charge in [-0.25, -0.2) is 0 Å². The average molecular weight is 355 g/mol. The van der Waals surface area contributed by atoms with E-state index in [2.05, 4.69) is 21.7 Å². The molecule has 0 radical (unpaired) electrons. The predicted molar refractivity (Wildman–Crippen MR) is 96.2 cm³/mol. The Morgan fingerprint density at radius 2 is 2.28 bits per heavy atom. The lowest BCUT2D eigenvalue weighted by Crippen LogP contribution is -2.37. The first kappa shape index (κ1) is 16.3. The summed E-state index contributed by atoms with van der Waals surface area (Å²) in [6.07, 6.45) is 5.76. The summed E-state index contributed by atoms with van der Waals surface area (Å²) in [4.78, 5) is 32.0. The van der Waals surface area contributed by atoms with Crippen LogP contribution in [-0.4, -0.2) is 34.8 Å². The van der Waals surface area contributed by atoms with Crippen LogP contribution in [-0.2, 0) is 22.6 Å². The molecule has 0 saturated heterocycles. The van der Waals surface area contributed by atoms with Crippen LogP contribution >= 0.6 is 11.3 Å². The molecule has 1 N–H and O–H groups in total. The molecule has 4 rings (SSSR count). The molecule has 0 aromatic carbocycles. The number of aromatic nitrogens is 1. The lowest BCUT2D eigenvalue weighted by Gasteiger charge is -2.27. The highest BCUT2D eigenvalue weighted by Crippen LogP contribution is 2.47. The summed E-state index contributed by atoms with van der Waals surface area (Å²) in [6.45, 7) is 1.91. The van der Waals surface area contributed by atoms with Crippen molar-refractivity contribution >= 4 is 23.2 Å². The van der Waals surface area contributed by atoms with Crippen LogP contribution in [0.1, 0.15) is 34.8 Å². The van der Waals surface area contributed by atoms with E-state index >= 15 is 0 Å². The van der Waals surface area contributed by atoms with E-state index in [0.29, 0.717) is 19.5 Å². The van der Waals surface area contributed by atoms with Gasteiger partial charge in [0.15, 0.2) is 0 Å². The number of amides is 2. The van der Waals surface area contributed by atoms with Gasteiger partial charge in [0, 0.05) is 49.2 Å². The van der Waals surface area contributed by atoms with E-state index < -0.39 is 0 Å². The van der Waals surface area contributed by atoms with Crippen molar-refractivity contribution in [2.24, 2.45) is 5.92 Å². The highest BCUT2D eigenvalue weighted by molar-refractivity contribution is 7.10. The minimum Gasteiger partial charge on any atom is -0.355 e. The Hall–Kier alpha value is -2.21. The molecule has 5 nitrogen and oxygen atoms in total. The van der Waals surface area contributed by atoms with Gasteiger partial charge >= 0.3 is 0 Å². The number of hydrogen-bond donors (Lipinski definition) is 1. The number of fused-ring (bicyclic) bond motifs is 1. The van der Waals surface area contributed by atoms with Crippen LogP contribution in [0.5, 0.6) is 0 Å². The summed E-state index contributed by atoms with van der Waals surface area (Å²) in [5.41, 5.74) is 2.39. The second-order valence-corrected chi connectivity index (χ2v) is 7.71. The first-order valence-corrected chi connectivity index (χ1v) is 9.61. The summed E-state index contributed by atoms with van der Waals surface area (Å²) < 4.78 is 0. The quantitative estimate of drug-likeness (QED) is 0.895. The SMILES string of the molecule is O=C(NCCC(=O)N1CCc2sccc2C1)[C@@H]1C[C@@H]1c1cccnc1. The Morgan fingerprint density at radius 1 is 1.36 bits per heavy atom. The Kier molecular flexibility index (Phi) is 4.53. The van der Waals surface area contributed by atoms with Gasteiger partial charge in [-0.3, -0.25) is 14.6 Å². The third-order valence-electron chi connectivity index (χ3n) is 5.04. The maximum Gasteiger partial charge on any atom is 0.224 e. The van der Waals surface area contributed by atoms with Crippen LogP contribution in [0.4, 0.5) is 0 Å². The normalized spacial score (nSPS) is 21.5. The summed E-state index contributed by atoms with van der Waals surface area (Å²) >= 11 is 1.77. The number of carbonyl (C=O) groups excluding carboxylic acids is 2. The summed E-state index contributed by atoms with van der Waals surface area (Å²) in [6, 6.07) is 6.02. The van der Waals surface area contributed by atoms with Crippen LogP contribution in [0, 0.1) is 5.92 Å². The third kappa shape index (κ3) is 3.58. The van der Waals surface area contributed by atoms with Crippen molar-refractivity contribution in [2.75, 3.05) is 13.1 Å². The van der Waals surface area contributed by atoms with Crippen LogP contribution in [0.25, 0.3) is 0 Å². The van der Waals surface area contributed by atoms with Gasteiger partial charge in [0.2, 0.25) is 11.8 Å². The number of nitrogens with zero attached hydrogens (tertiary/aromatic N) is 2. The maximum absolute atomic E-state index is 12.4. The van der Waals surface area contributed by atoms with E-state index in [1.54, 1.807) is 17.5 Å². The highest BCUT2D eigenvalue weighted by atomic mass is 32.1. The van der Waals surface area contributed by atoms with E-state index in [0.717, 1.165) is 24.9 Å². The number of hydrogen-bond acceptors (Lipinski definition) is 4. The number of thiophene rings is 1. The fraction of sp³-hybridized carbons (Fsp3) is 0.421. The molecule has 0 unspecified atom stereocenters. The van der Waals surface area contributed by atoms with Crippen LogP contribution in [0.2, 0.25) is 0 Å². The molecule has 2 aliphatic rings. The fourth-order valence-corrected chi connectivity index (χ4v) is 4.38. The molecule has 1 fully saturated rings. The van der Waals surface area contributed by atoms with Gasteiger partial charge in [0.25, 0.3) is 0 Å². The fourth-order valence-electron chi connectivity index (χ4n) is 3.49. The van der Waals surface area contributed by atoms with E-state index in [9.17, 15) is 9.59 Å². The van der Waals surface area contributed by atoms with Crippen molar-refractivity contribution in [1.82, 2.24) is 15.2 Å². The van der Waals surface area contributed by atoms with Gasteiger partial charge < -0.3 is 10.2 Å². The zero-order chi connectivity index (χ0) is 17.2. The number of rotatable bonds is 5. The molecule has 0 bridgehead atoms. The third-order valence-corrected chi connectivity index (χ3v) is 6.06. The van der Waals surface area contributed by atoms with E-state index in [1.165, 1.54) is 10.4 Å². The van der Waals surface area contributed by atoms with Crippen molar-refractivity contribution in [3.05, 3.63) is 52.0 Å². The second-order valence-electron chi connectivity index (χ2n) is 6.71. The first-order chi connectivity index (χ1) is 12.2. The number of pyridine rings is 1. The zero-order valence-electron chi connectivity index (χ0n) is 14.0. The lowest BCUT2D eigenvalue weighted by molar-refractivity contribution is -0.132. The van der Waals surface area contributed by atoms with Gasteiger partial charge in [-0.15, -0.1) is 11.3 Å². The van der Waals surface area contributed by atoms with Gasteiger partial charge in [-0.1, -0.05) is 6.07 Å². The second kappa shape index (κ2) is 6.96. The van der Waals surface area contributed by atoms with Gasteiger partial charge in [-0.05, 0) is 47.4 Å². The van der Waals surface area contributed by atoms with E-state index in [-0.39, 0.29) is 23.7 Å². The predicted octanol–water partition coefficient (Wildman–Crippen LogP) is 2.34. The number of carbonyl (C=O) groups is 2. The maximum atomic E-state index is 12.4. The van der Waals surface area contributed by atoms with Gasteiger partial charge in [0.05, 0.1) is 0 Å². The number of nitrogens with one attached hydrogen (secondary N) is 1. The molecule has 2 atom stereocenters. The molecule has 2 amide bonds. The molecule has 1 aliphatic carbocycles. The average Bonchev–Trinajstić information content (AvgIpc) is 3.31. The molecule has 2 aromatic rings. The molecule has 3 heterocycles. The molecule has 6 heteroatoms. The van der Waals surface area contributed by atoms with Gasteiger partial charge in [0.1, 0.15) is 0 Å². The molecule has 1 saturated carbocycles. The molecule has 25 heavy (non-hydrogen) atoms. The summed E-state index contributed by atoms with van der Waals surface area (Å²) in [7, 11) is 0. The monoisotopic (exact) mass is 355 g/mol. The Bertz CT molecular complexity index is 774. The minimum absolute atomic E-state index is 0.0302. The highest BCUT2D eigenvalue weighted by Gasteiger charge is 2.43. The van der Waals surface area contributed by atoms with Crippen LogP contribution in [0.15, 0.2) is 36.0 Å². The smallest absolute Gasteiger partial charge is 0.224 e. The summed E-state index contributed by atoms with van der Waals surface area (Å²) in [5.74, 6) is 0.489. The van der Waals surface area contributed by atoms with Gasteiger partial charge in [-0.2, -0.15) is 0 Å². The standard InChI is InChI=1S/C19H21N3O2S/c23-18(22-8-4-17-14(12-22)5-9-25-17)3-7-21-19(24)16-10-15(16)13-2-1-6-20-11-13/h1-2,5-6,9,11,15-16H,3-4,7-8,10,12H2,(H,21,24)/t15-,16-/m1/s1. The van der Waals surface area contributed by atoms with Crippen molar-refractivity contribution in [3.63, 3.8) is 0 Å². The Labute approximate surface area is 151 Å². The minimum atomic E-state index is 0.0302. The molecular weight excluding hydrogens is 334 g/mol. The van der Waals surface area contributed by atoms with Crippen molar-refractivity contribution < 1.29 is 9.59 Å². The Balaban J connectivity index is 1.21. The summed E-state index contributed by atoms with van der Waals surface area (Å²) in [5, 5.41) is 5.01. The lowest BCUT2D eigenvalue weighted by atomic mass is 10.1. The molecule has 2 aromatic heterocycles. The van der Waals surface area contributed by atoms with Crippen LogP contribution in [0.3, 0.4) is 0 Å². The van der Waals surface area contributed by atoms with E-state index in [1.807, 2.05) is 23.2 Å². The molecule has 0 spiro atoms.